The van der Waals surface area contributed by atoms with Gasteiger partial charge in [-0.15, -0.1) is 0 Å². The molecule has 56 valence electrons. The maximum atomic E-state index is 10.4. The minimum atomic E-state index is -3.36. The Bertz CT molecular complexity index is 165. The van der Waals surface area contributed by atoms with Crippen LogP contribution >= 0.6 is 10.7 Å². The predicted octanol–water partition coefficient (Wildman–Crippen LogP) is 0.163. The van der Waals surface area contributed by atoms with E-state index in [9.17, 15) is 8.42 Å². The van der Waals surface area contributed by atoms with Crippen molar-refractivity contribution in [1.29, 1.82) is 0 Å². The van der Waals surface area contributed by atoms with Crippen LogP contribution in [0.15, 0.2) is 0 Å². The first-order valence-corrected chi connectivity index (χ1v) is 4.93. The second kappa shape index (κ2) is 3.39. The zero-order valence-electron chi connectivity index (χ0n) is 5.39. The SMILES string of the molecule is CNCC(C)S(=O)(=O)Cl. The summed E-state index contributed by atoms with van der Waals surface area (Å²) in [4.78, 5) is 0. The summed E-state index contributed by atoms with van der Waals surface area (Å²) in [5, 5.41) is 2.20. The quantitative estimate of drug-likeness (QED) is 0.616. The van der Waals surface area contributed by atoms with Gasteiger partial charge in [0.2, 0.25) is 9.05 Å². The predicted molar refractivity (Wildman–Crippen MR) is 38.2 cm³/mol. The van der Waals surface area contributed by atoms with E-state index in [4.69, 9.17) is 10.7 Å². The van der Waals surface area contributed by atoms with Crippen molar-refractivity contribution < 1.29 is 8.42 Å². The number of hydrogen-bond acceptors (Lipinski definition) is 3. The Labute approximate surface area is 59.8 Å². The topological polar surface area (TPSA) is 46.2 Å². The van der Waals surface area contributed by atoms with E-state index in [1.807, 2.05) is 0 Å². The second-order valence-electron chi connectivity index (χ2n) is 1.84. The van der Waals surface area contributed by atoms with E-state index < -0.39 is 14.3 Å². The van der Waals surface area contributed by atoms with E-state index in [-0.39, 0.29) is 0 Å². The lowest BCUT2D eigenvalue weighted by molar-refractivity contribution is 0.592. The molecule has 1 unspecified atom stereocenters. The zero-order chi connectivity index (χ0) is 7.49. The summed E-state index contributed by atoms with van der Waals surface area (Å²) in [6.07, 6.45) is 0. The van der Waals surface area contributed by atoms with Crippen molar-refractivity contribution in [2.45, 2.75) is 12.2 Å². The van der Waals surface area contributed by atoms with Gasteiger partial charge in [-0.1, -0.05) is 0 Å². The Hall–Kier alpha value is 0.200. The molecule has 0 heterocycles. The molecule has 0 aromatic heterocycles. The first-order valence-electron chi connectivity index (χ1n) is 2.56. The summed E-state index contributed by atoms with van der Waals surface area (Å²) >= 11 is 0. The van der Waals surface area contributed by atoms with E-state index >= 15 is 0 Å². The molecule has 0 radical (unpaired) electrons. The van der Waals surface area contributed by atoms with Crippen LogP contribution < -0.4 is 5.32 Å². The van der Waals surface area contributed by atoms with Crippen molar-refractivity contribution >= 4 is 19.7 Å². The molecule has 0 aromatic rings. The van der Waals surface area contributed by atoms with Crippen molar-refractivity contribution in [2.24, 2.45) is 0 Å². The van der Waals surface area contributed by atoms with Crippen LogP contribution in [0, 0.1) is 0 Å². The molecule has 3 nitrogen and oxygen atoms in total. The molecule has 0 aromatic carbocycles. The van der Waals surface area contributed by atoms with Crippen molar-refractivity contribution in [2.75, 3.05) is 13.6 Å². The van der Waals surface area contributed by atoms with Gasteiger partial charge in [-0.25, -0.2) is 8.42 Å². The van der Waals surface area contributed by atoms with Gasteiger partial charge in [0.25, 0.3) is 0 Å². The molecule has 0 saturated carbocycles. The summed E-state index contributed by atoms with van der Waals surface area (Å²) < 4.78 is 20.9. The Balaban J connectivity index is 3.90. The molecule has 0 aliphatic rings. The summed E-state index contributed by atoms with van der Waals surface area (Å²) in [6.45, 7) is 1.95. The lowest BCUT2D eigenvalue weighted by atomic mass is 10.5. The summed E-state index contributed by atoms with van der Waals surface area (Å²) in [7, 11) is 3.32. The van der Waals surface area contributed by atoms with Gasteiger partial charge in [-0.2, -0.15) is 0 Å². The highest BCUT2D eigenvalue weighted by atomic mass is 35.7. The van der Waals surface area contributed by atoms with Crippen molar-refractivity contribution in [3.8, 4) is 0 Å². The van der Waals surface area contributed by atoms with Crippen molar-refractivity contribution in [3.63, 3.8) is 0 Å². The largest absolute Gasteiger partial charge is 0.318 e. The van der Waals surface area contributed by atoms with Crippen LogP contribution in [-0.2, 0) is 9.05 Å². The van der Waals surface area contributed by atoms with Gasteiger partial charge in [0, 0.05) is 17.2 Å². The Morgan fingerprint density at radius 2 is 2.11 bits per heavy atom. The Morgan fingerprint density at radius 3 is 2.22 bits per heavy atom. The molecule has 1 atom stereocenters. The molecule has 0 rings (SSSR count). The first kappa shape index (κ1) is 9.20. The normalized spacial score (nSPS) is 15.4. The Morgan fingerprint density at radius 1 is 1.67 bits per heavy atom. The second-order valence-corrected chi connectivity index (χ2v) is 4.89. The first-order chi connectivity index (χ1) is 3.98. The highest BCUT2D eigenvalue weighted by Gasteiger charge is 2.15. The fourth-order valence-corrected chi connectivity index (χ4v) is 0.942. The number of hydrogen-bond donors (Lipinski definition) is 1. The molecule has 0 fully saturated rings. The minimum absolute atomic E-state index is 0.395. The molecule has 0 amide bonds. The van der Waals surface area contributed by atoms with Crippen LogP contribution in [0.25, 0.3) is 0 Å². The van der Waals surface area contributed by atoms with Crippen LogP contribution in [0.5, 0.6) is 0 Å². The van der Waals surface area contributed by atoms with Gasteiger partial charge < -0.3 is 5.32 Å². The van der Waals surface area contributed by atoms with Gasteiger partial charge in [-0.3, -0.25) is 0 Å². The molecule has 0 bridgehead atoms. The fourth-order valence-electron chi connectivity index (χ4n) is 0.387. The molecule has 9 heavy (non-hydrogen) atoms. The van der Waals surface area contributed by atoms with Crippen LogP contribution in [0.4, 0.5) is 0 Å². The smallest absolute Gasteiger partial charge is 0.236 e. The third-order valence-corrected chi connectivity index (χ3v) is 3.01. The van der Waals surface area contributed by atoms with Gasteiger partial charge >= 0.3 is 0 Å². The average molecular weight is 172 g/mol. The number of halogens is 1. The highest BCUT2D eigenvalue weighted by molar-refractivity contribution is 8.14. The summed E-state index contributed by atoms with van der Waals surface area (Å²) in [5.41, 5.74) is 0. The molecule has 0 aliphatic heterocycles. The van der Waals surface area contributed by atoms with Gasteiger partial charge in [0.15, 0.2) is 0 Å². The maximum absolute atomic E-state index is 10.4. The van der Waals surface area contributed by atoms with E-state index in [2.05, 4.69) is 5.32 Å². The summed E-state index contributed by atoms with van der Waals surface area (Å²) in [6, 6.07) is 0. The molecule has 0 saturated heterocycles. The van der Waals surface area contributed by atoms with Crippen LogP contribution in [-0.4, -0.2) is 27.3 Å². The molecular formula is C4H10ClNO2S. The fraction of sp³-hybridized carbons (Fsp3) is 1.00. The van der Waals surface area contributed by atoms with Crippen molar-refractivity contribution in [1.82, 2.24) is 5.32 Å². The molecule has 0 spiro atoms. The molecule has 0 aliphatic carbocycles. The van der Waals surface area contributed by atoms with Gasteiger partial charge in [0.05, 0.1) is 5.25 Å². The van der Waals surface area contributed by atoms with Crippen LogP contribution in [0.3, 0.4) is 0 Å². The molecule has 5 heteroatoms. The average Bonchev–Trinajstić information content (AvgIpc) is 1.64. The van der Waals surface area contributed by atoms with Crippen LogP contribution in [0.1, 0.15) is 6.92 Å². The van der Waals surface area contributed by atoms with Gasteiger partial charge in [-0.05, 0) is 14.0 Å². The highest BCUT2D eigenvalue weighted by Crippen LogP contribution is 2.04. The van der Waals surface area contributed by atoms with E-state index in [1.165, 1.54) is 0 Å². The molecular weight excluding hydrogens is 162 g/mol. The molecule has 1 N–H and O–H groups in total. The lowest BCUT2D eigenvalue weighted by Gasteiger charge is -2.04. The van der Waals surface area contributed by atoms with E-state index in [1.54, 1.807) is 14.0 Å². The zero-order valence-corrected chi connectivity index (χ0v) is 6.96. The van der Waals surface area contributed by atoms with Crippen LogP contribution in [0.2, 0.25) is 0 Å². The van der Waals surface area contributed by atoms with E-state index in [0.717, 1.165) is 0 Å². The monoisotopic (exact) mass is 171 g/mol. The Kier molecular flexibility index (Phi) is 3.46. The van der Waals surface area contributed by atoms with Gasteiger partial charge in [0.1, 0.15) is 0 Å². The summed E-state index contributed by atoms with van der Waals surface area (Å²) in [5.74, 6) is 0. The third-order valence-electron chi connectivity index (χ3n) is 0.972. The number of nitrogens with one attached hydrogen (secondary N) is 1. The van der Waals surface area contributed by atoms with E-state index in [0.29, 0.717) is 6.54 Å². The lowest BCUT2D eigenvalue weighted by Crippen LogP contribution is -2.25. The maximum Gasteiger partial charge on any atom is 0.236 e. The number of rotatable bonds is 3. The standard InChI is InChI=1S/C4H10ClNO2S/c1-4(3-6-2)9(5,7)8/h4,6H,3H2,1-2H3. The minimum Gasteiger partial charge on any atom is -0.318 e. The van der Waals surface area contributed by atoms with Crippen molar-refractivity contribution in [3.05, 3.63) is 0 Å². The third kappa shape index (κ3) is 3.72.